The number of primary amides is 1. The molecule has 30 heavy (non-hydrogen) atoms. The van der Waals surface area contributed by atoms with Crippen LogP contribution < -0.4 is 15.8 Å². The smallest absolute Gasteiger partial charge is 0.240 e. The topological polar surface area (TPSA) is 81.4 Å². The Hall–Kier alpha value is -3.67. The lowest BCUT2D eigenvalue weighted by Crippen LogP contribution is -2.46. The van der Waals surface area contributed by atoms with E-state index in [1.165, 1.54) is 18.2 Å². The van der Waals surface area contributed by atoms with Gasteiger partial charge >= 0.3 is 0 Å². The second kappa shape index (κ2) is 10.2. The molecule has 2 amide bonds. The Kier molecular flexibility index (Phi) is 7.16. The van der Waals surface area contributed by atoms with E-state index in [-0.39, 0.29) is 12.8 Å². The summed E-state index contributed by atoms with van der Waals surface area (Å²) in [6.45, 7) is 0.459. The van der Waals surface area contributed by atoms with E-state index in [1.54, 1.807) is 6.07 Å². The Morgan fingerprint density at radius 3 is 2.27 bits per heavy atom. The molecule has 0 aliphatic heterocycles. The summed E-state index contributed by atoms with van der Waals surface area (Å²) in [5.41, 5.74) is 7.87. The van der Waals surface area contributed by atoms with Crippen LogP contribution >= 0.6 is 0 Å². The quantitative estimate of drug-likeness (QED) is 0.573. The van der Waals surface area contributed by atoms with Crippen molar-refractivity contribution in [1.82, 2.24) is 5.32 Å². The number of carbonyl (C=O) groups excluding carboxylic acids is 2. The summed E-state index contributed by atoms with van der Waals surface area (Å²) in [5.74, 6) is -0.742. The van der Waals surface area contributed by atoms with Crippen molar-refractivity contribution < 1.29 is 18.7 Å². The number of benzene rings is 3. The van der Waals surface area contributed by atoms with Crippen molar-refractivity contribution in [1.29, 1.82) is 0 Å². The van der Waals surface area contributed by atoms with Crippen LogP contribution in [0.25, 0.3) is 0 Å². The Balaban J connectivity index is 1.55. The van der Waals surface area contributed by atoms with Crippen molar-refractivity contribution in [3.63, 3.8) is 0 Å². The molecular weight excluding hydrogens is 383 g/mol. The van der Waals surface area contributed by atoms with E-state index in [0.29, 0.717) is 17.9 Å². The van der Waals surface area contributed by atoms with Gasteiger partial charge < -0.3 is 15.8 Å². The van der Waals surface area contributed by atoms with E-state index in [1.807, 2.05) is 54.6 Å². The van der Waals surface area contributed by atoms with Crippen LogP contribution in [0.15, 0.2) is 78.9 Å². The van der Waals surface area contributed by atoms with Crippen molar-refractivity contribution >= 4 is 11.8 Å². The third-order valence-electron chi connectivity index (χ3n) is 4.54. The predicted octanol–water partition coefficient (Wildman–Crippen LogP) is 3.16. The molecule has 0 heterocycles. The van der Waals surface area contributed by atoms with Gasteiger partial charge in [-0.25, -0.2) is 4.39 Å². The SMILES string of the molecule is NC(=O)[C@@H](Cc1ccc(OCc2ccccc2)cc1)NC(=O)Cc1cccc(F)c1. The summed E-state index contributed by atoms with van der Waals surface area (Å²) >= 11 is 0. The second-order valence-electron chi connectivity index (χ2n) is 6.95. The van der Waals surface area contributed by atoms with Crippen LogP contribution in [0.3, 0.4) is 0 Å². The first-order valence-corrected chi connectivity index (χ1v) is 9.58. The molecule has 3 aromatic carbocycles. The normalized spacial score (nSPS) is 11.5. The van der Waals surface area contributed by atoms with Crippen molar-refractivity contribution in [2.75, 3.05) is 0 Å². The van der Waals surface area contributed by atoms with Crippen molar-refractivity contribution in [2.45, 2.75) is 25.5 Å². The van der Waals surface area contributed by atoms with Gasteiger partial charge in [0, 0.05) is 6.42 Å². The molecule has 0 radical (unpaired) electrons. The number of carbonyl (C=O) groups is 2. The fraction of sp³-hybridized carbons (Fsp3) is 0.167. The Morgan fingerprint density at radius 1 is 0.900 bits per heavy atom. The summed E-state index contributed by atoms with van der Waals surface area (Å²) in [6.07, 6.45) is 0.219. The van der Waals surface area contributed by atoms with Crippen LogP contribution in [-0.2, 0) is 29.0 Å². The number of rotatable bonds is 9. The molecule has 3 rings (SSSR count). The summed E-state index contributed by atoms with van der Waals surface area (Å²) in [7, 11) is 0. The first-order valence-electron chi connectivity index (χ1n) is 9.58. The second-order valence-corrected chi connectivity index (χ2v) is 6.95. The van der Waals surface area contributed by atoms with Crippen molar-refractivity contribution in [3.05, 3.63) is 101 Å². The van der Waals surface area contributed by atoms with Gasteiger partial charge in [-0.15, -0.1) is 0 Å². The Labute approximate surface area is 174 Å². The van der Waals surface area contributed by atoms with Crippen LogP contribution in [0.5, 0.6) is 5.75 Å². The van der Waals surface area contributed by atoms with E-state index in [9.17, 15) is 14.0 Å². The number of hydrogen-bond acceptors (Lipinski definition) is 3. The molecule has 0 fully saturated rings. The third-order valence-corrected chi connectivity index (χ3v) is 4.54. The molecule has 0 bridgehead atoms. The van der Waals surface area contributed by atoms with Gasteiger partial charge in [0.05, 0.1) is 6.42 Å². The average molecular weight is 406 g/mol. The monoisotopic (exact) mass is 406 g/mol. The van der Waals surface area contributed by atoms with Crippen LogP contribution in [0.1, 0.15) is 16.7 Å². The fourth-order valence-electron chi connectivity index (χ4n) is 3.00. The third kappa shape index (κ3) is 6.44. The molecular formula is C24H23FN2O3. The molecule has 154 valence electrons. The maximum atomic E-state index is 13.3. The van der Waals surface area contributed by atoms with E-state index >= 15 is 0 Å². The minimum atomic E-state index is -0.859. The van der Waals surface area contributed by atoms with Gasteiger partial charge in [-0.05, 0) is 41.0 Å². The summed E-state index contributed by atoms with van der Waals surface area (Å²) in [5, 5.41) is 2.63. The van der Waals surface area contributed by atoms with Crippen molar-refractivity contribution in [3.8, 4) is 5.75 Å². The van der Waals surface area contributed by atoms with Gasteiger partial charge in [0.25, 0.3) is 0 Å². The highest BCUT2D eigenvalue weighted by atomic mass is 19.1. The largest absolute Gasteiger partial charge is 0.489 e. The van der Waals surface area contributed by atoms with Crippen molar-refractivity contribution in [2.24, 2.45) is 5.73 Å². The van der Waals surface area contributed by atoms with Gasteiger partial charge in [0.2, 0.25) is 11.8 Å². The lowest BCUT2D eigenvalue weighted by atomic mass is 10.0. The van der Waals surface area contributed by atoms with Gasteiger partial charge in [-0.2, -0.15) is 0 Å². The number of halogens is 1. The van der Waals surface area contributed by atoms with E-state index in [4.69, 9.17) is 10.5 Å². The van der Waals surface area contributed by atoms with Gasteiger partial charge in [-0.1, -0.05) is 54.6 Å². The first kappa shape index (κ1) is 21.0. The molecule has 0 aliphatic rings. The molecule has 0 aliphatic carbocycles. The molecule has 0 aromatic heterocycles. The zero-order valence-corrected chi connectivity index (χ0v) is 16.4. The number of hydrogen-bond donors (Lipinski definition) is 2. The van der Waals surface area contributed by atoms with Crippen LogP contribution in [0.4, 0.5) is 4.39 Å². The molecule has 3 N–H and O–H groups in total. The number of ether oxygens (including phenoxy) is 1. The van der Waals surface area contributed by atoms with Crippen LogP contribution in [-0.4, -0.2) is 17.9 Å². The molecule has 3 aromatic rings. The van der Waals surface area contributed by atoms with Crippen LogP contribution in [0, 0.1) is 5.82 Å². The van der Waals surface area contributed by atoms with Gasteiger partial charge in [0.15, 0.2) is 0 Å². The highest BCUT2D eigenvalue weighted by molar-refractivity contribution is 5.87. The highest BCUT2D eigenvalue weighted by Crippen LogP contribution is 2.15. The summed E-state index contributed by atoms with van der Waals surface area (Å²) < 4.78 is 19.0. The number of nitrogens with two attached hydrogens (primary N) is 1. The summed E-state index contributed by atoms with van der Waals surface area (Å²) in [6, 6.07) is 22.0. The lowest BCUT2D eigenvalue weighted by molar-refractivity contribution is -0.127. The molecule has 0 unspecified atom stereocenters. The Morgan fingerprint density at radius 2 is 1.60 bits per heavy atom. The standard InChI is InChI=1S/C24H23FN2O3/c25-20-8-4-7-19(13-20)15-23(28)27-22(24(26)29)14-17-9-11-21(12-10-17)30-16-18-5-2-1-3-6-18/h1-13,22H,14-16H2,(H2,26,29)(H,27,28)/t22-/m1/s1. The molecule has 5 nitrogen and oxygen atoms in total. The van der Waals surface area contributed by atoms with Crippen LogP contribution in [0.2, 0.25) is 0 Å². The van der Waals surface area contributed by atoms with E-state index in [0.717, 1.165) is 11.1 Å². The van der Waals surface area contributed by atoms with E-state index < -0.39 is 23.7 Å². The maximum Gasteiger partial charge on any atom is 0.240 e. The number of nitrogens with one attached hydrogen (secondary N) is 1. The average Bonchev–Trinajstić information content (AvgIpc) is 2.73. The predicted molar refractivity (Wildman–Crippen MR) is 112 cm³/mol. The highest BCUT2D eigenvalue weighted by Gasteiger charge is 2.19. The molecule has 0 spiro atoms. The molecule has 0 saturated heterocycles. The zero-order valence-electron chi connectivity index (χ0n) is 16.4. The van der Waals surface area contributed by atoms with E-state index in [2.05, 4.69) is 5.32 Å². The zero-order chi connectivity index (χ0) is 21.3. The molecule has 0 saturated carbocycles. The maximum absolute atomic E-state index is 13.3. The lowest BCUT2D eigenvalue weighted by Gasteiger charge is -2.16. The minimum Gasteiger partial charge on any atom is -0.489 e. The minimum absolute atomic E-state index is 0.0339. The van der Waals surface area contributed by atoms with Gasteiger partial charge in [-0.3, -0.25) is 9.59 Å². The first-order chi connectivity index (χ1) is 14.5. The Bertz CT molecular complexity index is 991. The number of amides is 2. The fourth-order valence-corrected chi connectivity index (χ4v) is 3.00. The molecule has 1 atom stereocenters. The van der Waals surface area contributed by atoms with Gasteiger partial charge in [0.1, 0.15) is 24.2 Å². The summed E-state index contributed by atoms with van der Waals surface area (Å²) in [4.78, 5) is 24.0. The molecule has 6 heteroatoms.